The molecule has 2 atom stereocenters. The van der Waals surface area contributed by atoms with Crippen LogP contribution < -0.4 is 0 Å². The molecule has 1 saturated heterocycles. The minimum Gasteiger partial charge on any atom is -0.356 e. The summed E-state index contributed by atoms with van der Waals surface area (Å²) in [5.41, 5.74) is 0. The fourth-order valence-electron chi connectivity index (χ4n) is 0.900. The molecule has 0 saturated carbocycles. The fraction of sp³-hybridized carbons (Fsp3) is 1.00. The molecule has 0 aliphatic carbocycles. The summed E-state index contributed by atoms with van der Waals surface area (Å²) < 4.78 is 10.2. The van der Waals surface area contributed by atoms with Crippen molar-refractivity contribution in [2.75, 3.05) is 13.7 Å². The van der Waals surface area contributed by atoms with E-state index in [0.717, 1.165) is 13.0 Å². The summed E-state index contributed by atoms with van der Waals surface area (Å²) in [7, 11) is 1.68. The Kier molecular flexibility index (Phi) is 1.86. The van der Waals surface area contributed by atoms with Gasteiger partial charge in [0.2, 0.25) is 0 Å². The number of ether oxygens (including phenoxy) is 2. The quantitative estimate of drug-likeness (QED) is 0.509. The monoisotopic (exact) mass is 116 g/mol. The van der Waals surface area contributed by atoms with Crippen LogP contribution in [0.2, 0.25) is 0 Å². The molecule has 8 heavy (non-hydrogen) atoms. The normalized spacial score (nSPS) is 38.2. The van der Waals surface area contributed by atoms with Gasteiger partial charge in [0.1, 0.15) is 0 Å². The van der Waals surface area contributed by atoms with Crippen LogP contribution >= 0.6 is 0 Å². The van der Waals surface area contributed by atoms with E-state index in [-0.39, 0.29) is 6.29 Å². The third-order valence-corrected chi connectivity index (χ3v) is 1.42. The molecule has 48 valence electrons. The van der Waals surface area contributed by atoms with Crippen LogP contribution in [-0.4, -0.2) is 20.0 Å². The molecule has 0 spiro atoms. The zero-order valence-electron chi connectivity index (χ0n) is 5.39. The molecular formula is C6H12O2. The molecule has 0 N–H and O–H groups in total. The molecule has 1 aliphatic rings. The number of hydrogen-bond acceptors (Lipinski definition) is 2. The van der Waals surface area contributed by atoms with Crippen molar-refractivity contribution < 1.29 is 9.47 Å². The summed E-state index contributed by atoms with van der Waals surface area (Å²) in [5.74, 6) is 0.681. The highest BCUT2D eigenvalue weighted by Gasteiger charge is 2.20. The summed E-state index contributed by atoms with van der Waals surface area (Å²) in [6, 6.07) is 0. The van der Waals surface area contributed by atoms with Gasteiger partial charge in [0, 0.05) is 13.5 Å². The molecule has 1 heterocycles. The van der Waals surface area contributed by atoms with Crippen LogP contribution in [0.4, 0.5) is 0 Å². The SMILES string of the molecule is CO[C@H]1C[C@@H](C)CO1. The van der Waals surface area contributed by atoms with Crippen molar-refractivity contribution >= 4 is 0 Å². The van der Waals surface area contributed by atoms with Crippen molar-refractivity contribution in [3.8, 4) is 0 Å². The highest BCUT2D eigenvalue weighted by atomic mass is 16.7. The Hall–Kier alpha value is -0.0800. The van der Waals surface area contributed by atoms with Crippen LogP contribution in [-0.2, 0) is 9.47 Å². The fourth-order valence-corrected chi connectivity index (χ4v) is 0.900. The van der Waals surface area contributed by atoms with E-state index in [1.807, 2.05) is 0 Å². The molecule has 2 heteroatoms. The maximum Gasteiger partial charge on any atom is 0.157 e. The first-order chi connectivity index (χ1) is 3.83. The number of rotatable bonds is 1. The molecule has 0 aromatic heterocycles. The Balaban J connectivity index is 2.22. The van der Waals surface area contributed by atoms with Crippen LogP contribution in [0.1, 0.15) is 13.3 Å². The molecule has 1 fully saturated rings. The van der Waals surface area contributed by atoms with Gasteiger partial charge >= 0.3 is 0 Å². The smallest absolute Gasteiger partial charge is 0.157 e. The van der Waals surface area contributed by atoms with E-state index in [4.69, 9.17) is 9.47 Å². The summed E-state index contributed by atoms with van der Waals surface area (Å²) in [6.45, 7) is 3.03. The maximum atomic E-state index is 5.19. The Morgan fingerprint density at radius 3 is 2.62 bits per heavy atom. The summed E-state index contributed by atoms with van der Waals surface area (Å²) in [6.07, 6.45) is 1.13. The van der Waals surface area contributed by atoms with Crippen molar-refractivity contribution in [3.05, 3.63) is 0 Å². The van der Waals surface area contributed by atoms with Crippen molar-refractivity contribution in [1.29, 1.82) is 0 Å². The van der Waals surface area contributed by atoms with Gasteiger partial charge in [-0.05, 0) is 5.92 Å². The molecule has 1 rings (SSSR count). The highest BCUT2D eigenvalue weighted by Crippen LogP contribution is 2.18. The molecule has 2 nitrogen and oxygen atoms in total. The van der Waals surface area contributed by atoms with Gasteiger partial charge in [0.25, 0.3) is 0 Å². The molecule has 0 amide bonds. The average Bonchev–Trinajstić information content (AvgIpc) is 2.14. The Labute approximate surface area is 49.8 Å². The Morgan fingerprint density at radius 2 is 2.38 bits per heavy atom. The molecule has 0 radical (unpaired) electrons. The highest BCUT2D eigenvalue weighted by molar-refractivity contribution is 4.61. The second-order valence-electron chi connectivity index (χ2n) is 2.34. The van der Waals surface area contributed by atoms with Gasteiger partial charge in [-0.2, -0.15) is 0 Å². The van der Waals surface area contributed by atoms with E-state index in [9.17, 15) is 0 Å². The summed E-state index contributed by atoms with van der Waals surface area (Å²) in [4.78, 5) is 0. The first-order valence-electron chi connectivity index (χ1n) is 2.97. The van der Waals surface area contributed by atoms with Gasteiger partial charge < -0.3 is 9.47 Å². The zero-order valence-corrected chi connectivity index (χ0v) is 5.39. The van der Waals surface area contributed by atoms with Crippen LogP contribution in [0, 0.1) is 5.92 Å². The minimum atomic E-state index is 0.0741. The van der Waals surface area contributed by atoms with Crippen LogP contribution in [0.3, 0.4) is 0 Å². The Morgan fingerprint density at radius 1 is 1.62 bits per heavy atom. The second kappa shape index (κ2) is 2.46. The van der Waals surface area contributed by atoms with E-state index >= 15 is 0 Å². The van der Waals surface area contributed by atoms with Gasteiger partial charge in [-0.1, -0.05) is 6.92 Å². The van der Waals surface area contributed by atoms with Crippen molar-refractivity contribution in [1.82, 2.24) is 0 Å². The maximum absolute atomic E-state index is 5.19. The van der Waals surface area contributed by atoms with Crippen LogP contribution in [0.25, 0.3) is 0 Å². The largest absolute Gasteiger partial charge is 0.356 e. The lowest BCUT2D eigenvalue weighted by Crippen LogP contribution is -2.06. The topological polar surface area (TPSA) is 18.5 Å². The van der Waals surface area contributed by atoms with Crippen LogP contribution in [0.15, 0.2) is 0 Å². The van der Waals surface area contributed by atoms with Gasteiger partial charge in [-0.15, -0.1) is 0 Å². The summed E-state index contributed by atoms with van der Waals surface area (Å²) in [5, 5.41) is 0. The predicted octanol–water partition coefficient (Wildman–Crippen LogP) is 1.02. The van der Waals surface area contributed by atoms with E-state index in [1.54, 1.807) is 7.11 Å². The lowest BCUT2D eigenvalue weighted by Gasteiger charge is -2.03. The van der Waals surface area contributed by atoms with Gasteiger partial charge in [-0.3, -0.25) is 0 Å². The third kappa shape index (κ3) is 1.20. The third-order valence-electron chi connectivity index (χ3n) is 1.42. The van der Waals surface area contributed by atoms with E-state index in [0.29, 0.717) is 5.92 Å². The van der Waals surface area contributed by atoms with Crippen molar-refractivity contribution in [2.45, 2.75) is 19.6 Å². The van der Waals surface area contributed by atoms with E-state index in [2.05, 4.69) is 6.92 Å². The van der Waals surface area contributed by atoms with Crippen LogP contribution in [0.5, 0.6) is 0 Å². The average molecular weight is 116 g/mol. The molecule has 0 aromatic carbocycles. The molecule has 1 aliphatic heterocycles. The standard InChI is InChI=1S/C6H12O2/c1-5-3-6(7-2)8-4-5/h5-6H,3-4H2,1-2H3/t5-,6-/m1/s1. The lowest BCUT2D eigenvalue weighted by atomic mass is 10.1. The van der Waals surface area contributed by atoms with Crippen molar-refractivity contribution in [2.24, 2.45) is 5.92 Å². The first kappa shape index (κ1) is 6.05. The molecule has 0 unspecified atom stereocenters. The summed E-state index contributed by atoms with van der Waals surface area (Å²) >= 11 is 0. The molecule has 0 aromatic rings. The lowest BCUT2D eigenvalue weighted by molar-refractivity contribution is -0.0881. The molecular weight excluding hydrogens is 104 g/mol. The van der Waals surface area contributed by atoms with E-state index in [1.165, 1.54) is 0 Å². The van der Waals surface area contributed by atoms with Gasteiger partial charge in [0.05, 0.1) is 6.61 Å². The minimum absolute atomic E-state index is 0.0741. The van der Waals surface area contributed by atoms with Gasteiger partial charge in [0.15, 0.2) is 6.29 Å². The molecule has 0 bridgehead atoms. The van der Waals surface area contributed by atoms with Crippen molar-refractivity contribution in [3.63, 3.8) is 0 Å². The Bertz CT molecular complexity index is 72.9. The predicted molar refractivity (Wildman–Crippen MR) is 30.5 cm³/mol. The first-order valence-corrected chi connectivity index (χ1v) is 2.97. The zero-order chi connectivity index (χ0) is 5.98. The number of methoxy groups -OCH3 is 1. The van der Waals surface area contributed by atoms with Gasteiger partial charge in [-0.25, -0.2) is 0 Å². The van der Waals surface area contributed by atoms with E-state index < -0.39 is 0 Å². The number of hydrogen-bond donors (Lipinski definition) is 0. The second-order valence-corrected chi connectivity index (χ2v) is 2.34.